The van der Waals surface area contributed by atoms with Crippen LogP contribution >= 0.6 is 11.3 Å². The SMILES string of the molecule is Cc1sc2ncnc(N3CCC(C(=O)O[C@H](C)C(=O)NC(N)=O)CC3)c2c1C. The summed E-state index contributed by atoms with van der Waals surface area (Å²) in [7, 11) is 0. The van der Waals surface area contributed by atoms with Crippen molar-refractivity contribution < 1.29 is 19.1 Å². The standard InChI is InChI=1S/C18H23N5O4S/c1-9-11(3)28-16-13(9)14(20-8-21-16)23-6-4-12(5-7-23)17(25)27-10(2)15(24)22-18(19)26/h8,10,12H,4-7H2,1-3H3,(H3,19,22,24,26)/t10-/m1/s1. The summed E-state index contributed by atoms with van der Waals surface area (Å²) in [6.45, 7) is 6.86. The summed E-state index contributed by atoms with van der Waals surface area (Å²) >= 11 is 1.65. The van der Waals surface area contributed by atoms with Crippen LogP contribution < -0.4 is 16.0 Å². The quantitative estimate of drug-likeness (QED) is 0.740. The minimum absolute atomic E-state index is 0.303. The van der Waals surface area contributed by atoms with Crippen LogP contribution in [0.4, 0.5) is 10.6 Å². The average molecular weight is 405 g/mol. The molecule has 3 rings (SSSR count). The molecule has 2 aromatic rings. The van der Waals surface area contributed by atoms with Crippen molar-refractivity contribution in [3.05, 3.63) is 16.8 Å². The normalized spacial score (nSPS) is 16.0. The number of nitrogens with two attached hydrogens (primary N) is 1. The van der Waals surface area contributed by atoms with Gasteiger partial charge in [0.25, 0.3) is 5.91 Å². The van der Waals surface area contributed by atoms with E-state index in [1.54, 1.807) is 17.7 Å². The zero-order valence-electron chi connectivity index (χ0n) is 16.0. The van der Waals surface area contributed by atoms with Crippen molar-refractivity contribution in [1.29, 1.82) is 0 Å². The summed E-state index contributed by atoms with van der Waals surface area (Å²) in [5, 5.41) is 2.98. The molecule has 0 saturated carbocycles. The number of ether oxygens (including phenoxy) is 1. The number of nitrogens with one attached hydrogen (secondary N) is 1. The molecule has 1 fully saturated rings. The van der Waals surface area contributed by atoms with Crippen LogP contribution in [0.5, 0.6) is 0 Å². The number of rotatable bonds is 4. The Balaban J connectivity index is 1.63. The molecule has 0 aromatic carbocycles. The highest BCUT2D eigenvalue weighted by atomic mass is 32.1. The van der Waals surface area contributed by atoms with Gasteiger partial charge in [0.05, 0.1) is 11.3 Å². The number of hydrogen-bond acceptors (Lipinski definition) is 8. The van der Waals surface area contributed by atoms with Crippen molar-refractivity contribution in [3.63, 3.8) is 0 Å². The molecule has 3 N–H and O–H groups in total. The molecule has 0 unspecified atom stereocenters. The Morgan fingerprint density at radius 3 is 2.61 bits per heavy atom. The van der Waals surface area contributed by atoms with Crippen LogP contribution in [0.2, 0.25) is 0 Å². The van der Waals surface area contributed by atoms with Crippen molar-refractivity contribution in [2.75, 3.05) is 18.0 Å². The van der Waals surface area contributed by atoms with Crippen LogP contribution in [0.15, 0.2) is 6.33 Å². The number of nitrogens with zero attached hydrogens (tertiary/aromatic N) is 3. The number of primary amides is 1. The monoisotopic (exact) mass is 405 g/mol. The lowest BCUT2D eigenvalue weighted by atomic mass is 9.96. The number of esters is 1. The van der Waals surface area contributed by atoms with Gasteiger partial charge in [0.1, 0.15) is 17.0 Å². The van der Waals surface area contributed by atoms with E-state index < -0.39 is 24.0 Å². The lowest BCUT2D eigenvalue weighted by Crippen LogP contribution is -2.44. The minimum atomic E-state index is -1.07. The smallest absolute Gasteiger partial charge is 0.318 e. The van der Waals surface area contributed by atoms with Gasteiger partial charge in [0.15, 0.2) is 6.10 Å². The summed E-state index contributed by atoms with van der Waals surface area (Å²) < 4.78 is 5.18. The molecule has 1 aliphatic heterocycles. The summed E-state index contributed by atoms with van der Waals surface area (Å²) in [4.78, 5) is 47.9. The Morgan fingerprint density at radius 2 is 1.96 bits per heavy atom. The molecule has 9 nitrogen and oxygen atoms in total. The first kappa shape index (κ1) is 20.0. The minimum Gasteiger partial charge on any atom is -0.452 e. The predicted octanol–water partition coefficient (Wildman–Crippen LogP) is 1.65. The Hall–Kier alpha value is -2.75. The van der Waals surface area contributed by atoms with Crippen molar-refractivity contribution >= 4 is 45.3 Å². The van der Waals surface area contributed by atoms with Gasteiger partial charge in [-0.1, -0.05) is 0 Å². The number of amides is 3. The van der Waals surface area contributed by atoms with E-state index in [2.05, 4.69) is 28.7 Å². The van der Waals surface area contributed by atoms with Crippen LogP contribution in [0, 0.1) is 19.8 Å². The molecule has 0 radical (unpaired) electrons. The van der Waals surface area contributed by atoms with Crippen molar-refractivity contribution in [2.24, 2.45) is 11.7 Å². The lowest BCUT2D eigenvalue weighted by Gasteiger charge is -2.32. The number of carbonyl (C=O) groups excluding carboxylic acids is 3. The number of urea groups is 1. The Morgan fingerprint density at radius 1 is 1.29 bits per heavy atom. The molecule has 150 valence electrons. The number of fused-ring (bicyclic) bond motifs is 1. The van der Waals surface area contributed by atoms with E-state index in [9.17, 15) is 14.4 Å². The molecule has 1 atom stereocenters. The maximum atomic E-state index is 12.4. The van der Waals surface area contributed by atoms with E-state index in [0.29, 0.717) is 25.9 Å². The molecule has 3 amide bonds. The van der Waals surface area contributed by atoms with Crippen molar-refractivity contribution in [1.82, 2.24) is 15.3 Å². The van der Waals surface area contributed by atoms with E-state index in [1.165, 1.54) is 17.4 Å². The van der Waals surface area contributed by atoms with Gasteiger partial charge in [-0.3, -0.25) is 14.9 Å². The fourth-order valence-electron chi connectivity index (χ4n) is 3.28. The van der Waals surface area contributed by atoms with Gasteiger partial charge in [-0.2, -0.15) is 0 Å². The highest BCUT2D eigenvalue weighted by Gasteiger charge is 2.30. The number of carbonyl (C=O) groups is 3. The maximum absolute atomic E-state index is 12.4. The molecule has 10 heteroatoms. The average Bonchev–Trinajstić information content (AvgIpc) is 2.95. The van der Waals surface area contributed by atoms with Crippen LogP contribution in [-0.2, 0) is 14.3 Å². The van der Waals surface area contributed by atoms with Gasteiger partial charge in [0, 0.05) is 18.0 Å². The molecule has 0 bridgehead atoms. The maximum Gasteiger partial charge on any atom is 0.318 e. The Kier molecular flexibility index (Phi) is 5.78. The van der Waals surface area contributed by atoms with Gasteiger partial charge >= 0.3 is 12.0 Å². The molecule has 0 aliphatic carbocycles. The number of aryl methyl sites for hydroxylation is 2. The molecular formula is C18H23N5O4S. The van der Waals surface area contributed by atoms with Gasteiger partial charge in [0.2, 0.25) is 0 Å². The van der Waals surface area contributed by atoms with E-state index in [4.69, 9.17) is 10.5 Å². The topological polar surface area (TPSA) is 128 Å². The Bertz CT molecular complexity index is 920. The highest BCUT2D eigenvalue weighted by molar-refractivity contribution is 7.18. The first-order chi connectivity index (χ1) is 13.3. The van der Waals surface area contributed by atoms with Crippen LogP contribution in [0.25, 0.3) is 10.2 Å². The van der Waals surface area contributed by atoms with Gasteiger partial charge in [-0.15, -0.1) is 11.3 Å². The molecule has 1 saturated heterocycles. The second kappa shape index (κ2) is 8.09. The summed E-state index contributed by atoms with van der Waals surface area (Å²) in [6.07, 6.45) is 1.69. The fraction of sp³-hybridized carbons (Fsp3) is 0.500. The third kappa shape index (κ3) is 4.06. The number of hydrogen-bond donors (Lipinski definition) is 2. The molecular weight excluding hydrogens is 382 g/mol. The first-order valence-corrected chi connectivity index (χ1v) is 9.86. The van der Waals surface area contributed by atoms with E-state index in [0.717, 1.165) is 16.0 Å². The summed E-state index contributed by atoms with van der Waals surface area (Å²) in [6, 6.07) is -0.976. The Labute approximate surface area is 166 Å². The van der Waals surface area contributed by atoms with E-state index in [-0.39, 0.29) is 5.92 Å². The molecule has 28 heavy (non-hydrogen) atoms. The van der Waals surface area contributed by atoms with E-state index in [1.807, 2.05) is 5.32 Å². The van der Waals surface area contributed by atoms with E-state index >= 15 is 0 Å². The zero-order valence-corrected chi connectivity index (χ0v) is 16.8. The third-order valence-electron chi connectivity index (χ3n) is 4.98. The number of thiophene rings is 1. The van der Waals surface area contributed by atoms with Gasteiger partial charge in [-0.25, -0.2) is 14.8 Å². The summed E-state index contributed by atoms with van der Waals surface area (Å²) in [5.41, 5.74) is 6.09. The van der Waals surface area contributed by atoms with Crippen LogP contribution in [0.1, 0.15) is 30.2 Å². The summed E-state index contributed by atoms with van der Waals surface area (Å²) in [5.74, 6) is -0.581. The number of aromatic nitrogens is 2. The lowest BCUT2D eigenvalue weighted by molar-refractivity contribution is -0.159. The second-order valence-corrected chi connectivity index (χ2v) is 8.06. The number of imide groups is 1. The van der Waals surface area contributed by atoms with Crippen LogP contribution in [0.3, 0.4) is 0 Å². The third-order valence-corrected chi connectivity index (χ3v) is 6.10. The predicted molar refractivity (Wildman–Crippen MR) is 105 cm³/mol. The largest absolute Gasteiger partial charge is 0.452 e. The van der Waals surface area contributed by atoms with Crippen LogP contribution in [-0.4, -0.2) is 47.1 Å². The molecule has 2 aromatic heterocycles. The fourth-order valence-corrected chi connectivity index (χ4v) is 4.27. The van der Waals surface area contributed by atoms with Gasteiger partial charge in [-0.05, 0) is 39.2 Å². The highest BCUT2D eigenvalue weighted by Crippen LogP contribution is 2.35. The molecule has 3 heterocycles. The van der Waals surface area contributed by atoms with Gasteiger partial charge < -0.3 is 15.4 Å². The van der Waals surface area contributed by atoms with Crippen molar-refractivity contribution in [2.45, 2.75) is 39.7 Å². The number of anilines is 1. The zero-order chi connectivity index (χ0) is 20.4. The van der Waals surface area contributed by atoms with Crippen molar-refractivity contribution in [3.8, 4) is 0 Å². The second-order valence-electron chi connectivity index (χ2n) is 6.85. The molecule has 1 aliphatic rings. The molecule has 0 spiro atoms. The number of piperidine rings is 1. The first-order valence-electron chi connectivity index (χ1n) is 9.04.